The minimum absolute atomic E-state index is 0.0399. The maximum absolute atomic E-state index is 6.55. The molecule has 1 fully saturated rings. The highest BCUT2D eigenvalue weighted by Gasteiger charge is 2.40. The highest BCUT2D eigenvalue weighted by molar-refractivity contribution is 5.60. The summed E-state index contributed by atoms with van der Waals surface area (Å²) in [5, 5.41) is 3.81. The van der Waals surface area contributed by atoms with Gasteiger partial charge in [0.1, 0.15) is 5.75 Å². The van der Waals surface area contributed by atoms with E-state index in [2.05, 4.69) is 18.3 Å². The molecule has 33 heavy (non-hydrogen) atoms. The Morgan fingerprint density at radius 3 is 2.12 bits per heavy atom. The second kappa shape index (κ2) is 9.21. The van der Waals surface area contributed by atoms with E-state index in [1.54, 1.807) is 21.3 Å². The van der Waals surface area contributed by atoms with Crippen LogP contribution in [0, 0.1) is 5.92 Å². The summed E-state index contributed by atoms with van der Waals surface area (Å²) in [7, 11) is 4.92. The molecule has 0 amide bonds. The Morgan fingerprint density at radius 2 is 1.48 bits per heavy atom. The Kier molecular flexibility index (Phi) is 6.15. The van der Waals surface area contributed by atoms with Gasteiger partial charge in [-0.05, 0) is 36.6 Å². The van der Waals surface area contributed by atoms with Crippen molar-refractivity contribution in [1.29, 1.82) is 0 Å². The fourth-order valence-electron chi connectivity index (χ4n) is 5.44. The first kappa shape index (κ1) is 22.0. The largest absolute Gasteiger partial charge is 0.493 e. The standard InChI is InChI=1S/C26H33NO6/c1-15-24(16-10-22(28-2)25(30-4)23(11-16)29-3)18-12-20-21(32-14-31-20)13-19(18)33-26(15)27-17-8-6-5-7-9-17/h10-13,15,17,24,26-27H,5-9,14H2,1-4H3/t15-,24+,26?/m1/s1. The van der Waals surface area contributed by atoms with Gasteiger partial charge in [0.15, 0.2) is 29.2 Å². The number of methoxy groups -OCH3 is 3. The molecule has 2 aromatic rings. The molecule has 1 aliphatic carbocycles. The Morgan fingerprint density at radius 1 is 0.818 bits per heavy atom. The van der Waals surface area contributed by atoms with Crippen LogP contribution in [0.5, 0.6) is 34.5 Å². The van der Waals surface area contributed by atoms with Crippen LogP contribution >= 0.6 is 0 Å². The molecule has 1 saturated carbocycles. The van der Waals surface area contributed by atoms with E-state index < -0.39 is 0 Å². The zero-order valence-electron chi connectivity index (χ0n) is 19.8. The molecule has 0 bridgehead atoms. The lowest BCUT2D eigenvalue weighted by Crippen LogP contribution is -2.50. The van der Waals surface area contributed by atoms with Crippen LogP contribution in [0.25, 0.3) is 0 Å². The molecular weight excluding hydrogens is 422 g/mol. The molecule has 7 nitrogen and oxygen atoms in total. The normalized spacial score (nSPS) is 24.1. The number of hydrogen-bond acceptors (Lipinski definition) is 7. The molecule has 1 N–H and O–H groups in total. The number of nitrogens with one attached hydrogen (secondary N) is 1. The second-order valence-corrected chi connectivity index (χ2v) is 9.08. The van der Waals surface area contributed by atoms with Gasteiger partial charge in [0.05, 0.1) is 21.3 Å². The van der Waals surface area contributed by atoms with Crippen LogP contribution in [0.1, 0.15) is 56.1 Å². The van der Waals surface area contributed by atoms with Gasteiger partial charge in [-0.25, -0.2) is 0 Å². The van der Waals surface area contributed by atoms with Crippen molar-refractivity contribution < 1.29 is 28.4 Å². The maximum atomic E-state index is 6.55. The summed E-state index contributed by atoms with van der Waals surface area (Å²) in [6.45, 7) is 2.47. The summed E-state index contributed by atoms with van der Waals surface area (Å²) in [6, 6.07) is 8.57. The average molecular weight is 456 g/mol. The summed E-state index contributed by atoms with van der Waals surface area (Å²) in [6.07, 6.45) is 6.11. The quantitative estimate of drug-likeness (QED) is 0.668. The van der Waals surface area contributed by atoms with E-state index in [9.17, 15) is 0 Å². The maximum Gasteiger partial charge on any atom is 0.231 e. The van der Waals surface area contributed by atoms with Crippen LogP contribution < -0.4 is 33.7 Å². The summed E-state index contributed by atoms with van der Waals surface area (Å²) in [5.41, 5.74) is 2.15. The van der Waals surface area contributed by atoms with E-state index >= 15 is 0 Å². The van der Waals surface area contributed by atoms with Gasteiger partial charge in [0.25, 0.3) is 0 Å². The number of hydrogen-bond donors (Lipinski definition) is 1. The van der Waals surface area contributed by atoms with E-state index in [1.165, 1.54) is 32.1 Å². The Labute approximate surface area is 195 Å². The van der Waals surface area contributed by atoms with E-state index in [0.717, 1.165) is 28.4 Å². The third-order valence-corrected chi connectivity index (χ3v) is 7.15. The van der Waals surface area contributed by atoms with Crippen molar-refractivity contribution in [2.75, 3.05) is 28.1 Å². The predicted molar refractivity (Wildman–Crippen MR) is 124 cm³/mol. The van der Waals surface area contributed by atoms with Gasteiger partial charge < -0.3 is 28.4 Å². The molecular formula is C26H33NO6. The highest BCUT2D eigenvalue weighted by atomic mass is 16.7. The minimum atomic E-state index is -0.120. The molecule has 7 heteroatoms. The topological polar surface area (TPSA) is 67.4 Å². The number of fused-ring (bicyclic) bond motifs is 2. The molecule has 3 atom stereocenters. The number of rotatable bonds is 6. The number of ether oxygens (including phenoxy) is 6. The summed E-state index contributed by atoms with van der Waals surface area (Å²) in [5.74, 6) is 4.37. The van der Waals surface area contributed by atoms with Gasteiger partial charge in [-0.3, -0.25) is 5.32 Å². The Balaban J connectivity index is 1.58. The van der Waals surface area contributed by atoms with Crippen LogP contribution in [0.2, 0.25) is 0 Å². The summed E-state index contributed by atoms with van der Waals surface area (Å²) >= 11 is 0. The molecule has 178 valence electrons. The third kappa shape index (κ3) is 4.03. The van der Waals surface area contributed by atoms with Crippen molar-refractivity contribution in [3.63, 3.8) is 0 Å². The second-order valence-electron chi connectivity index (χ2n) is 9.08. The Hall–Kier alpha value is -2.80. The van der Waals surface area contributed by atoms with Crippen molar-refractivity contribution in [1.82, 2.24) is 5.32 Å². The molecule has 0 radical (unpaired) electrons. The molecule has 2 aliphatic heterocycles. The monoisotopic (exact) mass is 455 g/mol. The number of benzene rings is 2. The lowest BCUT2D eigenvalue weighted by molar-refractivity contribution is 0.0621. The smallest absolute Gasteiger partial charge is 0.231 e. The lowest BCUT2D eigenvalue weighted by atomic mass is 9.78. The molecule has 0 aromatic heterocycles. The van der Waals surface area contributed by atoms with Crippen LogP contribution in [0.15, 0.2) is 24.3 Å². The lowest BCUT2D eigenvalue weighted by Gasteiger charge is -2.41. The van der Waals surface area contributed by atoms with E-state index in [4.69, 9.17) is 28.4 Å². The zero-order valence-corrected chi connectivity index (χ0v) is 19.8. The molecule has 2 heterocycles. The predicted octanol–water partition coefficient (Wildman–Crippen LogP) is 4.85. The zero-order chi connectivity index (χ0) is 22.9. The van der Waals surface area contributed by atoms with Gasteiger partial charge in [0.2, 0.25) is 12.5 Å². The molecule has 0 saturated heterocycles. The molecule has 5 rings (SSSR count). The fraction of sp³-hybridized carbons (Fsp3) is 0.538. The summed E-state index contributed by atoms with van der Waals surface area (Å²) in [4.78, 5) is 0. The van der Waals surface area contributed by atoms with Gasteiger partial charge in [-0.15, -0.1) is 0 Å². The van der Waals surface area contributed by atoms with E-state index in [1.807, 2.05) is 18.2 Å². The van der Waals surface area contributed by atoms with Crippen molar-refractivity contribution in [3.8, 4) is 34.5 Å². The first-order valence-electron chi connectivity index (χ1n) is 11.8. The average Bonchev–Trinajstić information content (AvgIpc) is 3.30. The van der Waals surface area contributed by atoms with Crippen molar-refractivity contribution in [3.05, 3.63) is 35.4 Å². The molecule has 2 aromatic carbocycles. The van der Waals surface area contributed by atoms with Gasteiger partial charge in [-0.2, -0.15) is 0 Å². The van der Waals surface area contributed by atoms with Crippen LogP contribution in [0.3, 0.4) is 0 Å². The van der Waals surface area contributed by atoms with Crippen LogP contribution in [-0.4, -0.2) is 40.4 Å². The van der Waals surface area contributed by atoms with Gasteiger partial charge in [-0.1, -0.05) is 26.2 Å². The van der Waals surface area contributed by atoms with Crippen LogP contribution in [0.4, 0.5) is 0 Å². The van der Waals surface area contributed by atoms with Crippen molar-refractivity contribution in [2.24, 2.45) is 5.92 Å². The third-order valence-electron chi connectivity index (χ3n) is 7.15. The van der Waals surface area contributed by atoms with Crippen molar-refractivity contribution in [2.45, 2.75) is 57.2 Å². The first-order valence-corrected chi connectivity index (χ1v) is 11.8. The highest BCUT2D eigenvalue weighted by Crippen LogP contribution is 2.51. The van der Waals surface area contributed by atoms with E-state index in [0.29, 0.717) is 23.3 Å². The molecule has 1 unspecified atom stereocenters. The fourth-order valence-corrected chi connectivity index (χ4v) is 5.44. The SMILES string of the molecule is COc1cc([C@H]2c3cc4c(cc3OC(NC3CCCCC3)[C@@H]2C)OCO4)cc(OC)c1OC. The van der Waals surface area contributed by atoms with Gasteiger partial charge in [0, 0.05) is 29.5 Å². The minimum Gasteiger partial charge on any atom is -0.493 e. The molecule has 0 spiro atoms. The summed E-state index contributed by atoms with van der Waals surface area (Å²) < 4.78 is 34.8. The van der Waals surface area contributed by atoms with Crippen molar-refractivity contribution >= 4 is 0 Å². The van der Waals surface area contributed by atoms with E-state index in [-0.39, 0.29) is 24.9 Å². The van der Waals surface area contributed by atoms with Crippen LogP contribution in [-0.2, 0) is 0 Å². The Bertz CT molecular complexity index is 978. The van der Waals surface area contributed by atoms with Gasteiger partial charge >= 0.3 is 0 Å². The first-order chi connectivity index (χ1) is 16.1. The molecule has 3 aliphatic rings.